The summed E-state index contributed by atoms with van der Waals surface area (Å²) in [6, 6.07) is 0. The maximum Gasteiger partial charge on any atom is 0.136 e. The average molecular weight is 152 g/mol. The van der Waals surface area contributed by atoms with Crippen LogP contribution in [-0.2, 0) is 4.79 Å². The summed E-state index contributed by atoms with van der Waals surface area (Å²) >= 11 is 0. The summed E-state index contributed by atoms with van der Waals surface area (Å²) in [4.78, 5) is 11.3. The molecule has 2 fully saturated rings. The van der Waals surface area contributed by atoms with Crippen molar-refractivity contribution in [3.63, 3.8) is 0 Å². The van der Waals surface area contributed by atoms with E-state index in [1.54, 1.807) is 0 Å². The molecule has 2 saturated carbocycles. The predicted octanol–water partition coefficient (Wildman–Crippen LogP) is 2.26. The van der Waals surface area contributed by atoms with Gasteiger partial charge in [-0.15, -0.1) is 0 Å². The first-order chi connectivity index (χ1) is 5.03. The third-order valence-corrected chi connectivity index (χ3v) is 3.87. The van der Waals surface area contributed by atoms with E-state index >= 15 is 0 Å². The van der Waals surface area contributed by atoms with Gasteiger partial charge in [0.2, 0.25) is 0 Å². The van der Waals surface area contributed by atoms with Gasteiger partial charge >= 0.3 is 0 Å². The highest BCUT2D eigenvalue weighted by molar-refractivity contribution is 5.82. The van der Waals surface area contributed by atoms with E-state index in [-0.39, 0.29) is 0 Å². The Morgan fingerprint density at radius 1 is 1.36 bits per heavy atom. The fourth-order valence-corrected chi connectivity index (χ4v) is 2.66. The molecule has 1 heteroatoms. The second kappa shape index (κ2) is 1.88. The minimum absolute atomic E-state index is 0.345. The first-order valence-electron chi connectivity index (χ1n) is 4.56. The van der Waals surface area contributed by atoms with Crippen molar-refractivity contribution in [3.05, 3.63) is 0 Å². The molecule has 0 saturated heterocycles. The molecule has 0 heterocycles. The molecular formula is C10H16O. The highest BCUT2D eigenvalue weighted by Gasteiger charge is 2.60. The summed E-state index contributed by atoms with van der Waals surface area (Å²) in [7, 11) is 0. The molecule has 2 aliphatic rings. The Morgan fingerprint density at radius 2 is 2.00 bits per heavy atom. The maximum atomic E-state index is 11.3. The SMILES string of the molecule is C[C@H]1CC2C(CC1=O)C2(C)C. The molecule has 62 valence electrons. The maximum absolute atomic E-state index is 11.3. The number of hydrogen-bond donors (Lipinski definition) is 0. The van der Waals surface area contributed by atoms with Crippen LogP contribution < -0.4 is 0 Å². The zero-order chi connectivity index (χ0) is 8.22. The highest BCUT2D eigenvalue weighted by atomic mass is 16.1. The Morgan fingerprint density at radius 3 is 2.55 bits per heavy atom. The van der Waals surface area contributed by atoms with Gasteiger partial charge in [-0.05, 0) is 23.7 Å². The van der Waals surface area contributed by atoms with Crippen molar-refractivity contribution in [1.29, 1.82) is 0 Å². The molecule has 0 aromatic carbocycles. The van der Waals surface area contributed by atoms with Crippen molar-refractivity contribution in [3.8, 4) is 0 Å². The molecule has 0 aromatic rings. The lowest BCUT2D eigenvalue weighted by Crippen LogP contribution is -2.17. The molecule has 0 aromatic heterocycles. The van der Waals surface area contributed by atoms with Gasteiger partial charge in [0.1, 0.15) is 5.78 Å². The van der Waals surface area contributed by atoms with Gasteiger partial charge in [0.25, 0.3) is 0 Å². The third kappa shape index (κ3) is 0.863. The number of rotatable bonds is 0. The van der Waals surface area contributed by atoms with Gasteiger partial charge in [0.15, 0.2) is 0 Å². The predicted molar refractivity (Wildman–Crippen MR) is 44.2 cm³/mol. The smallest absolute Gasteiger partial charge is 0.136 e. The molecule has 2 unspecified atom stereocenters. The fourth-order valence-electron chi connectivity index (χ4n) is 2.66. The van der Waals surface area contributed by atoms with E-state index in [0.29, 0.717) is 17.1 Å². The first kappa shape index (κ1) is 7.33. The molecule has 2 aliphatic carbocycles. The van der Waals surface area contributed by atoms with Crippen LogP contribution in [-0.4, -0.2) is 5.78 Å². The van der Waals surface area contributed by atoms with Gasteiger partial charge < -0.3 is 0 Å². The largest absolute Gasteiger partial charge is 0.299 e. The molecule has 2 rings (SSSR count). The van der Waals surface area contributed by atoms with E-state index in [4.69, 9.17) is 0 Å². The highest BCUT2D eigenvalue weighted by Crippen LogP contribution is 2.64. The molecule has 0 spiro atoms. The van der Waals surface area contributed by atoms with E-state index in [0.717, 1.165) is 24.7 Å². The monoisotopic (exact) mass is 152 g/mol. The molecule has 0 radical (unpaired) electrons. The summed E-state index contributed by atoms with van der Waals surface area (Å²) in [5, 5.41) is 0. The number of carbonyl (C=O) groups excluding carboxylic acids is 1. The number of hydrogen-bond acceptors (Lipinski definition) is 1. The van der Waals surface area contributed by atoms with E-state index in [2.05, 4.69) is 20.8 Å². The molecule has 0 amide bonds. The fraction of sp³-hybridized carbons (Fsp3) is 0.900. The van der Waals surface area contributed by atoms with Crippen LogP contribution in [0.1, 0.15) is 33.6 Å². The van der Waals surface area contributed by atoms with Crippen molar-refractivity contribution in [2.24, 2.45) is 23.2 Å². The van der Waals surface area contributed by atoms with Crippen molar-refractivity contribution in [2.75, 3.05) is 0 Å². The summed E-state index contributed by atoms with van der Waals surface area (Å²) in [6.45, 7) is 6.67. The topological polar surface area (TPSA) is 17.1 Å². The van der Waals surface area contributed by atoms with Crippen LogP contribution in [0.4, 0.5) is 0 Å². The van der Waals surface area contributed by atoms with E-state index in [9.17, 15) is 4.79 Å². The molecule has 0 bridgehead atoms. The summed E-state index contributed by atoms with van der Waals surface area (Å²) < 4.78 is 0. The van der Waals surface area contributed by atoms with Crippen LogP contribution in [0, 0.1) is 23.2 Å². The lowest BCUT2D eigenvalue weighted by Gasteiger charge is -2.14. The minimum atomic E-state index is 0.345. The molecule has 0 aliphatic heterocycles. The van der Waals surface area contributed by atoms with E-state index in [1.807, 2.05) is 0 Å². The standard InChI is InChI=1S/C10H16O/c1-6-4-7-8(5-9(6)11)10(7,2)3/h6-8H,4-5H2,1-3H3/t6-,7?,8?/m0/s1. The van der Waals surface area contributed by atoms with Gasteiger partial charge in [-0.1, -0.05) is 20.8 Å². The van der Waals surface area contributed by atoms with Gasteiger partial charge in [-0.25, -0.2) is 0 Å². The summed E-state index contributed by atoms with van der Waals surface area (Å²) in [5.74, 6) is 2.43. The summed E-state index contributed by atoms with van der Waals surface area (Å²) in [6.07, 6.45) is 2.01. The minimum Gasteiger partial charge on any atom is -0.299 e. The van der Waals surface area contributed by atoms with Crippen LogP contribution in [0.3, 0.4) is 0 Å². The van der Waals surface area contributed by atoms with Crippen LogP contribution in [0.2, 0.25) is 0 Å². The zero-order valence-electron chi connectivity index (χ0n) is 7.55. The Labute approximate surface area is 68.2 Å². The zero-order valence-corrected chi connectivity index (χ0v) is 7.55. The van der Waals surface area contributed by atoms with E-state index in [1.165, 1.54) is 0 Å². The van der Waals surface area contributed by atoms with Gasteiger partial charge in [0, 0.05) is 12.3 Å². The van der Waals surface area contributed by atoms with Crippen molar-refractivity contribution >= 4 is 5.78 Å². The molecular weight excluding hydrogens is 136 g/mol. The van der Waals surface area contributed by atoms with Crippen LogP contribution in [0.25, 0.3) is 0 Å². The van der Waals surface area contributed by atoms with Crippen molar-refractivity contribution < 1.29 is 4.79 Å². The van der Waals surface area contributed by atoms with Crippen molar-refractivity contribution in [2.45, 2.75) is 33.6 Å². The quantitative estimate of drug-likeness (QED) is 0.520. The van der Waals surface area contributed by atoms with Crippen molar-refractivity contribution in [1.82, 2.24) is 0 Å². The lowest BCUT2D eigenvalue weighted by atomic mass is 9.90. The number of Topliss-reactive ketones (excluding diaryl/α,β-unsaturated/α-hetero) is 1. The van der Waals surface area contributed by atoms with Gasteiger partial charge in [-0.3, -0.25) is 4.79 Å². The first-order valence-corrected chi connectivity index (χ1v) is 4.56. The number of fused-ring (bicyclic) bond motifs is 1. The van der Waals surface area contributed by atoms with Crippen LogP contribution in [0.5, 0.6) is 0 Å². The Balaban J connectivity index is 2.12. The molecule has 3 atom stereocenters. The number of carbonyl (C=O) groups is 1. The average Bonchev–Trinajstić information content (AvgIpc) is 2.39. The van der Waals surface area contributed by atoms with E-state index < -0.39 is 0 Å². The Kier molecular flexibility index (Phi) is 1.25. The summed E-state index contributed by atoms with van der Waals surface area (Å²) in [5.41, 5.74) is 0.487. The molecule has 1 nitrogen and oxygen atoms in total. The third-order valence-electron chi connectivity index (χ3n) is 3.87. The second-order valence-electron chi connectivity index (χ2n) is 4.84. The van der Waals surface area contributed by atoms with Gasteiger partial charge in [0.05, 0.1) is 0 Å². The number of ketones is 1. The normalized spacial score (nSPS) is 46.8. The van der Waals surface area contributed by atoms with Crippen LogP contribution in [0.15, 0.2) is 0 Å². The molecule has 0 N–H and O–H groups in total. The Bertz CT molecular complexity index is 205. The lowest BCUT2D eigenvalue weighted by molar-refractivity contribution is -0.124. The van der Waals surface area contributed by atoms with Crippen LogP contribution >= 0.6 is 0 Å². The second-order valence-corrected chi connectivity index (χ2v) is 4.84. The Hall–Kier alpha value is -0.330. The molecule has 11 heavy (non-hydrogen) atoms. The van der Waals surface area contributed by atoms with Gasteiger partial charge in [-0.2, -0.15) is 0 Å².